The topological polar surface area (TPSA) is 47.9 Å². The van der Waals surface area contributed by atoms with Crippen LogP contribution in [0, 0.1) is 11.8 Å². The van der Waals surface area contributed by atoms with Crippen molar-refractivity contribution in [3.05, 3.63) is 47.5 Å². The first-order chi connectivity index (χ1) is 10.2. The van der Waals surface area contributed by atoms with Gasteiger partial charge in [0.2, 0.25) is 5.75 Å². The summed E-state index contributed by atoms with van der Waals surface area (Å²) in [4.78, 5) is 0. The van der Waals surface area contributed by atoms with Gasteiger partial charge in [-0.2, -0.15) is 0 Å². The molecule has 0 bridgehead atoms. The van der Waals surface area contributed by atoms with Crippen molar-refractivity contribution < 1.29 is 19.3 Å². The van der Waals surface area contributed by atoms with Gasteiger partial charge in [-0.15, -0.1) is 0 Å². The maximum Gasteiger partial charge on any atom is 0.203 e. The molecule has 0 unspecified atom stereocenters. The lowest BCUT2D eigenvalue weighted by Crippen LogP contribution is -1.92. The van der Waals surface area contributed by atoms with Crippen LogP contribution in [-0.2, 0) is 0 Å². The minimum absolute atomic E-state index is 0.00381. The molecule has 0 saturated carbocycles. The molecule has 0 aliphatic heterocycles. The number of phenolic OH excluding ortho intramolecular Hbond substituents is 1. The smallest absolute Gasteiger partial charge is 0.203 e. The number of hydrogen-bond acceptors (Lipinski definition) is 4. The highest BCUT2D eigenvalue weighted by atomic mass is 16.5. The van der Waals surface area contributed by atoms with Gasteiger partial charge in [0.15, 0.2) is 11.5 Å². The highest BCUT2D eigenvalue weighted by Crippen LogP contribution is 2.37. The molecular formula is C17H16O4. The van der Waals surface area contributed by atoms with Gasteiger partial charge < -0.3 is 19.3 Å². The standard InChI is InChI=1S/C17H16O4/c1-19-14-8-6-12(7-9-14)4-5-13-10-15(18)17(21-3)16(11-13)20-2/h6-11,18H,1-3H3. The van der Waals surface area contributed by atoms with E-state index in [2.05, 4.69) is 11.8 Å². The van der Waals surface area contributed by atoms with Crippen molar-refractivity contribution in [3.8, 4) is 34.8 Å². The molecular weight excluding hydrogens is 268 g/mol. The van der Waals surface area contributed by atoms with Crippen molar-refractivity contribution >= 4 is 0 Å². The van der Waals surface area contributed by atoms with E-state index < -0.39 is 0 Å². The van der Waals surface area contributed by atoms with Gasteiger partial charge in [-0.1, -0.05) is 11.8 Å². The second-order valence-electron chi connectivity index (χ2n) is 4.21. The first-order valence-corrected chi connectivity index (χ1v) is 6.29. The van der Waals surface area contributed by atoms with Crippen LogP contribution in [0.3, 0.4) is 0 Å². The summed E-state index contributed by atoms with van der Waals surface area (Å²) in [5, 5.41) is 9.88. The molecule has 108 valence electrons. The van der Waals surface area contributed by atoms with E-state index in [1.807, 2.05) is 24.3 Å². The van der Waals surface area contributed by atoms with Crippen LogP contribution in [0.15, 0.2) is 36.4 Å². The van der Waals surface area contributed by atoms with E-state index in [1.165, 1.54) is 20.3 Å². The predicted octanol–water partition coefficient (Wildman–Crippen LogP) is 2.82. The van der Waals surface area contributed by atoms with Crippen molar-refractivity contribution in [2.24, 2.45) is 0 Å². The summed E-state index contributed by atoms with van der Waals surface area (Å²) < 4.78 is 15.3. The zero-order valence-electron chi connectivity index (χ0n) is 12.1. The molecule has 0 spiro atoms. The van der Waals surface area contributed by atoms with Crippen LogP contribution in [0.1, 0.15) is 11.1 Å². The fraction of sp³-hybridized carbons (Fsp3) is 0.176. The van der Waals surface area contributed by atoms with Crippen LogP contribution < -0.4 is 14.2 Å². The number of phenols is 1. The quantitative estimate of drug-likeness (QED) is 0.880. The van der Waals surface area contributed by atoms with E-state index in [-0.39, 0.29) is 5.75 Å². The molecule has 1 N–H and O–H groups in total. The molecule has 4 heteroatoms. The minimum atomic E-state index is -0.00381. The summed E-state index contributed by atoms with van der Waals surface area (Å²) in [6, 6.07) is 10.7. The van der Waals surface area contributed by atoms with Gasteiger partial charge in [-0.05, 0) is 36.4 Å². The van der Waals surface area contributed by atoms with Crippen LogP contribution in [0.25, 0.3) is 0 Å². The Balaban J connectivity index is 2.31. The van der Waals surface area contributed by atoms with Gasteiger partial charge in [-0.3, -0.25) is 0 Å². The summed E-state index contributed by atoms with van der Waals surface area (Å²) >= 11 is 0. The second kappa shape index (κ2) is 6.58. The molecule has 0 heterocycles. The van der Waals surface area contributed by atoms with E-state index in [1.54, 1.807) is 13.2 Å². The van der Waals surface area contributed by atoms with Gasteiger partial charge in [0.05, 0.1) is 21.3 Å². The van der Waals surface area contributed by atoms with E-state index in [0.29, 0.717) is 17.1 Å². The predicted molar refractivity (Wildman–Crippen MR) is 80.2 cm³/mol. The summed E-state index contributed by atoms with van der Waals surface area (Å²) in [5.74, 6) is 7.51. The molecule has 0 atom stereocenters. The Kier molecular flexibility index (Phi) is 4.57. The fourth-order valence-electron chi connectivity index (χ4n) is 1.84. The third-order valence-electron chi connectivity index (χ3n) is 2.90. The van der Waals surface area contributed by atoms with Gasteiger partial charge in [-0.25, -0.2) is 0 Å². The van der Waals surface area contributed by atoms with Gasteiger partial charge in [0.1, 0.15) is 5.75 Å². The lowest BCUT2D eigenvalue weighted by molar-refractivity contribution is 0.333. The van der Waals surface area contributed by atoms with Gasteiger partial charge in [0, 0.05) is 11.1 Å². The average Bonchev–Trinajstić information content (AvgIpc) is 2.52. The van der Waals surface area contributed by atoms with Gasteiger partial charge >= 0.3 is 0 Å². The number of hydrogen-bond donors (Lipinski definition) is 1. The van der Waals surface area contributed by atoms with Crippen molar-refractivity contribution in [2.75, 3.05) is 21.3 Å². The maximum atomic E-state index is 9.88. The molecule has 2 aromatic carbocycles. The third kappa shape index (κ3) is 3.40. The van der Waals surface area contributed by atoms with E-state index in [0.717, 1.165) is 11.3 Å². The maximum absolute atomic E-state index is 9.88. The molecule has 0 aliphatic carbocycles. The normalized spacial score (nSPS) is 9.48. The first-order valence-electron chi connectivity index (χ1n) is 6.29. The molecule has 2 rings (SSSR count). The van der Waals surface area contributed by atoms with Crippen molar-refractivity contribution in [1.82, 2.24) is 0 Å². The second-order valence-corrected chi connectivity index (χ2v) is 4.21. The number of aromatic hydroxyl groups is 1. The molecule has 0 saturated heterocycles. The third-order valence-corrected chi connectivity index (χ3v) is 2.90. The van der Waals surface area contributed by atoms with Crippen LogP contribution in [0.2, 0.25) is 0 Å². The Labute approximate surface area is 123 Å². The molecule has 0 radical (unpaired) electrons. The number of benzene rings is 2. The Morgan fingerprint density at radius 1 is 0.810 bits per heavy atom. The average molecular weight is 284 g/mol. The van der Waals surface area contributed by atoms with Crippen LogP contribution in [0.4, 0.5) is 0 Å². The van der Waals surface area contributed by atoms with Crippen molar-refractivity contribution in [1.29, 1.82) is 0 Å². The first kappa shape index (κ1) is 14.6. The summed E-state index contributed by atoms with van der Waals surface area (Å²) in [6.07, 6.45) is 0. The number of methoxy groups -OCH3 is 3. The number of rotatable bonds is 3. The van der Waals surface area contributed by atoms with E-state index >= 15 is 0 Å². The zero-order valence-corrected chi connectivity index (χ0v) is 12.1. The number of ether oxygens (including phenoxy) is 3. The Morgan fingerprint density at radius 2 is 1.48 bits per heavy atom. The molecule has 0 fully saturated rings. The van der Waals surface area contributed by atoms with Crippen molar-refractivity contribution in [2.45, 2.75) is 0 Å². The van der Waals surface area contributed by atoms with Crippen LogP contribution >= 0.6 is 0 Å². The fourth-order valence-corrected chi connectivity index (χ4v) is 1.84. The van der Waals surface area contributed by atoms with E-state index in [9.17, 15) is 5.11 Å². The van der Waals surface area contributed by atoms with Gasteiger partial charge in [0.25, 0.3) is 0 Å². The summed E-state index contributed by atoms with van der Waals surface area (Å²) in [6.45, 7) is 0. The Morgan fingerprint density at radius 3 is 2.05 bits per heavy atom. The molecule has 0 aromatic heterocycles. The van der Waals surface area contributed by atoms with Crippen LogP contribution in [0.5, 0.6) is 23.0 Å². The van der Waals surface area contributed by atoms with E-state index in [4.69, 9.17) is 14.2 Å². The van der Waals surface area contributed by atoms with Crippen molar-refractivity contribution in [3.63, 3.8) is 0 Å². The molecule has 0 aliphatic rings. The highest BCUT2D eigenvalue weighted by molar-refractivity contribution is 5.57. The van der Waals surface area contributed by atoms with Crippen LogP contribution in [-0.4, -0.2) is 26.4 Å². The zero-order chi connectivity index (χ0) is 15.2. The molecule has 4 nitrogen and oxygen atoms in total. The SMILES string of the molecule is COc1ccc(C#Cc2cc(O)c(OC)c(OC)c2)cc1. The Bertz CT molecular complexity index is 678. The largest absolute Gasteiger partial charge is 0.504 e. The molecule has 2 aromatic rings. The lowest BCUT2D eigenvalue weighted by atomic mass is 10.1. The summed E-state index contributed by atoms with van der Waals surface area (Å²) in [5.41, 5.74) is 1.49. The summed E-state index contributed by atoms with van der Waals surface area (Å²) in [7, 11) is 4.60. The molecule has 21 heavy (non-hydrogen) atoms. The minimum Gasteiger partial charge on any atom is -0.504 e. The Hall–Kier alpha value is -2.80. The lowest BCUT2D eigenvalue weighted by Gasteiger charge is -2.09. The monoisotopic (exact) mass is 284 g/mol. The molecule has 0 amide bonds. The highest BCUT2D eigenvalue weighted by Gasteiger charge is 2.10.